The van der Waals surface area contributed by atoms with E-state index in [-0.39, 0.29) is 44.5 Å². The third-order valence-corrected chi connectivity index (χ3v) is 7.78. The number of carbonyl (C=O) groups excluding carboxylic acids is 4. The highest BCUT2D eigenvalue weighted by atomic mass is 16.2. The number of hydrogen-bond donors (Lipinski definition) is 0. The summed E-state index contributed by atoms with van der Waals surface area (Å²) in [7, 11) is 0. The second-order valence-electron chi connectivity index (χ2n) is 10.0. The number of nitriles is 4. The van der Waals surface area contributed by atoms with Gasteiger partial charge >= 0.3 is 0 Å². The van der Waals surface area contributed by atoms with E-state index in [0.717, 1.165) is 6.07 Å². The zero-order chi connectivity index (χ0) is 34.4. The molecule has 0 aliphatic carbocycles. The van der Waals surface area contributed by atoms with Crippen LogP contribution in [-0.2, 0) is 0 Å². The molecule has 13 heteroatoms. The second-order valence-corrected chi connectivity index (χ2v) is 10.0. The zero-order valence-corrected chi connectivity index (χ0v) is 23.9. The van der Waals surface area contributed by atoms with Gasteiger partial charge in [-0.3, -0.25) is 19.2 Å². The summed E-state index contributed by atoms with van der Waals surface area (Å²) in [5.41, 5.74) is -4.70. The van der Waals surface area contributed by atoms with Crippen LogP contribution in [0, 0.1) is 65.0 Å². The number of anilines is 2. The highest BCUT2D eigenvalue weighted by Gasteiger charge is 2.46. The topological polar surface area (TPSA) is 183 Å². The van der Waals surface area contributed by atoms with Crippen LogP contribution in [0.25, 0.3) is 30.9 Å². The number of imide groups is 2. The van der Waals surface area contributed by atoms with Crippen molar-refractivity contribution in [3.63, 3.8) is 0 Å². The summed E-state index contributed by atoms with van der Waals surface area (Å²) in [6.07, 6.45) is 0. The summed E-state index contributed by atoms with van der Waals surface area (Å²) >= 11 is 0. The van der Waals surface area contributed by atoms with E-state index in [1.165, 1.54) is 48.5 Å². The molecule has 0 aromatic heterocycles. The van der Waals surface area contributed by atoms with Gasteiger partial charge in [0, 0.05) is 27.8 Å². The number of nitrogens with zero attached hydrogens (tertiary/aromatic N) is 9. The second kappa shape index (κ2) is 10.9. The minimum atomic E-state index is -1.14. The Labute approximate surface area is 270 Å². The molecule has 48 heavy (non-hydrogen) atoms. The third kappa shape index (κ3) is 3.90. The standard InChI is InChI=1S/C35H9N9O4/c1-40-19-6-10-21(11-7-19)43-32(45)22-12-18(14-37)25-28-26(22)30(35(43)48)31(42-3)27(23(15-38)24(16-39)41-2)29(28)34(47)44(33(25)46)20-8-4-17(13-36)5-9-20/h4-12H/b24-23-. The quantitative estimate of drug-likeness (QED) is 0.153. The highest BCUT2D eigenvalue weighted by Crippen LogP contribution is 2.49. The van der Waals surface area contributed by atoms with Crippen molar-refractivity contribution < 1.29 is 19.2 Å². The van der Waals surface area contributed by atoms with Crippen molar-refractivity contribution in [3.05, 3.63) is 133 Å². The Hall–Kier alpha value is -8.41. The fourth-order valence-electron chi connectivity index (χ4n) is 5.77. The van der Waals surface area contributed by atoms with Gasteiger partial charge in [0.1, 0.15) is 6.07 Å². The highest BCUT2D eigenvalue weighted by molar-refractivity contribution is 6.45. The van der Waals surface area contributed by atoms with Crippen LogP contribution in [0.4, 0.5) is 22.7 Å². The Morgan fingerprint density at radius 3 is 1.75 bits per heavy atom. The Balaban J connectivity index is 1.84. The molecule has 2 aliphatic rings. The van der Waals surface area contributed by atoms with Gasteiger partial charge in [-0.1, -0.05) is 12.1 Å². The molecule has 2 heterocycles. The molecule has 2 aliphatic heterocycles. The van der Waals surface area contributed by atoms with E-state index in [2.05, 4.69) is 14.5 Å². The van der Waals surface area contributed by atoms with Crippen LogP contribution in [0.5, 0.6) is 0 Å². The molecule has 0 saturated carbocycles. The monoisotopic (exact) mass is 619 g/mol. The van der Waals surface area contributed by atoms with Crippen molar-refractivity contribution in [3.8, 4) is 24.3 Å². The van der Waals surface area contributed by atoms with Gasteiger partial charge in [0.05, 0.1) is 71.4 Å². The first kappa shape index (κ1) is 29.7. The maximum absolute atomic E-state index is 14.5. The number of amides is 4. The Bertz CT molecular complexity index is 2590. The zero-order valence-electron chi connectivity index (χ0n) is 23.9. The molecule has 0 N–H and O–H groups in total. The van der Waals surface area contributed by atoms with Gasteiger partial charge in [-0.15, -0.1) is 0 Å². The number of rotatable bonds is 3. The van der Waals surface area contributed by atoms with Crippen molar-refractivity contribution in [2.45, 2.75) is 0 Å². The van der Waals surface area contributed by atoms with Crippen LogP contribution in [0.2, 0.25) is 0 Å². The molecule has 0 radical (unpaired) electrons. The molecule has 0 spiro atoms. The predicted molar refractivity (Wildman–Crippen MR) is 166 cm³/mol. The van der Waals surface area contributed by atoms with Crippen molar-refractivity contribution >= 4 is 62.7 Å². The number of allylic oxidation sites excluding steroid dienone is 2. The molecule has 0 saturated heterocycles. The third-order valence-electron chi connectivity index (χ3n) is 7.78. The van der Waals surface area contributed by atoms with E-state index >= 15 is 0 Å². The molecule has 4 aromatic carbocycles. The lowest BCUT2D eigenvalue weighted by atomic mass is 9.78. The average Bonchev–Trinajstić information content (AvgIpc) is 3.11. The van der Waals surface area contributed by atoms with Gasteiger partial charge in [-0.05, 0) is 47.9 Å². The van der Waals surface area contributed by atoms with E-state index in [9.17, 15) is 40.2 Å². The summed E-state index contributed by atoms with van der Waals surface area (Å²) in [5, 5.41) is 38.8. The maximum Gasteiger partial charge on any atom is 0.278 e. The van der Waals surface area contributed by atoms with E-state index in [4.69, 9.17) is 19.7 Å². The molecule has 0 atom stereocenters. The number of carbonyl (C=O) groups is 4. The van der Waals surface area contributed by atoms with Gasteiger partial charge in [-0.2, -0.15) is 15.8 Å². The Kier molecular flexibility index (Phi) is 6.76. The fourth-order valence-corrected chi connectivity index (χ4v) is 5.77. The first-order chi connectivity index (χ1) is 23.2. The largest absolute Gasteiger partial charge is 0.278 e. The van der Waals surface area contributed by atoms with Crippen LogP contribution in [0.1, 0.15) is 58.1 Å². The molecular weight excluding hydrogens is 610 g/mol. The molecule has 218 valence electrons. The van der Waals surface area contributed by atoms with E-state index < -0.39 is 62.8 Å². The lowest BCUT2D eigenvalue weighted by Crippen LogP contribution is -2.44. The smallest absolute Gasteiger partial charge is 0.270 e. The lowest BCUT2D eigenvalue weighted by Gasteiger charge is -2.34. The fraction of sp³-hybridized carbons (Fsp3) is 0. The lowest BCUT2D eigenvalue weighted by molar-refractivity contribution is 0.0873. The SMILES string of the molecule is [C-]#[N+]/C(C#N)=C(/C#N)c1c([N+]#[C-])c2c3c(cc(C#N)c4c3c1C(=O)N(c1ccc(C#N)cc1)C4=O)C(=O)N(c1ccc([N+]#[C-])cc1)C2=O. The minimum absolute atomic E-state index is 0.0125. The van der Waals surface area contributed by atoms with Gasteiger partial charge < -0.3 is 0 Å². The van der Waals surface area contributed by atoms with Gasteiger partial charge in [0.15, 0.2) is 5.69 Å². The maximum atomic E-state index is 14.5. The summed E-state index contributed by atoms with van der Waals surface area (Å²) < 4.78 is 0. The molecule has 6 rings (SSSR count). The van der Waals surface area contributed by atoms with Crippen molar-refractivity contribution in [1.29, 1.82) is 21.0 Å². The van der Waals surface area contributed by atoms with E-state index in [1.807, 2.05) is 12.1 Å². The van der Waals surface area contributed by atoms with Crippen LogP contribution in [0.15, 0.2) is 60.3 Å². The van der Waals surface area contributed by atoms with Crippen LogP contribution in [-0.4, -0.2) is 23.6 Å². The molecule has 4 aromatic rings. The summed E-state index contributed by atoms with van der Waals surface area (Å²) in [6, 6.07) is 18.7. The normalized spacial score (nSPS) is 13.3. The number of benzene rings is 4. The van der Waals surface area contributed by atoms with Crippen LogP contribution in [0.3, 0.4) is 0 Å². The molecule has 0 bridgehead atoms. The number of hydrogen-bond acceptors (Lipinski definition) is 8. The molecule has 4 amide bonds. The first-order valence-corrected chi connectivity index (χ1v) is 13.4. The van der Waals surface area contributed by atoms with Gasteiger partial charge in [-0.25, -0.2) is 29.6 Å². The molecule has 0 fully saturated rings. The summed E-state index contributed by atoms with van der Waals surface area (Å²) in [5.74, 6) is -4.24. The van der Waals surface area contributed by atoms with E-state index in [1.54, 1.807) is 12.1 Å². The average molecular weight is 620 g/mol. The molecule has 0 unspecified atom stereocenters. The Morgan fingerprint density at radius 2 is 1.23 bits per heavy atom. The van der Waals surface area contributed by atoms with Gasteiger partial charge in [0.25, 0.3) is 29.3 Å². The van der Waals surface area contributed by atoms with Crippen molar-refractivity contribution in [2.75, 3.05) is 9.80 Å². The van der Waals surface area contributed by atoms with Gasteiger partial charge in [0.2, 0.25) is 5.69 Å². The van der Waals surface area contributed by atoms with E-state index in [0.29, 0.717) is 9.80 Å². The van der Waals surface area contributed by atoms with Crippen LogP contribution < -0.4 is 9.80 Å². The minimum Gasteiger partial charge on any atom is -0.270 e. The summed E-state index contributed by atoms with van der Waals surface area (Å²) in [4.78, 5) is 68.2. The molecular formula is C35H9N9O4. The Morgan fingerprint density at radius 1 is 0.646 bits per heavy atom. The summed E-state index contributed by atoms with van der Waals surface area (Å²) in [6.45, 7) is 22.9. The molecule has 13 nitrogen and oxygen atoms in total. The first-order valence-electron chi connectivity index (χ1n) is 13.4. The van der Waals surface area contributed by atoms with Crippen molar-refractivity contribution in [1.82, 2.24) is 0 Å². The van der Waals surface area contributed by atoms with Crippen LogP contribution >= 0.6 is 0 Å². The van der Waals surface area contributed by atoms with Crippen molar-refractivity contribution in [2.24, 2.45) is 0 Å². The predicted octanol–water partition coefficient (Wildman–Crippen LogP) is 5.96.